The Morgan fingerprint density at radius 3 is 2.91 bits per heavy atom. The summed E-state index contributed by atoms with van der Waals surface area (Å²) in [6, 6.07) is 13.3. The summed E-state index contributed by atoms with van der Waals surface area (Å²) in [5.74, 6) is 1.13. The van der Waals surface area contributed by atoms with Gasteiger partial charge in [0.25, 0.3) is 5.91 Å². The van der Waals surface area contributed by atoms with E-state index in [1.165, 1.54) is 4.68 Å². The maximum absolute atomic E-state index is 12.9. The molecule has 3 heterocycles. The van der Waals surface area contributed by atoms with Gasteiger partial charge in [0.05, 0.1) is 24.2 Å². The van der Waals surface area contributed by atoms with Crippen LogP contribution in [0, 0.1) is 0 Å². The van der Waals surface area contributed by atoms with Crippen molar-refractivity contribution in [2.24, 2.45) is 0 Å². The molecular weight excluding hydrogens is 428 g/mol. The number of aromatic amines is 1. The van der Waals surface area contributed by atoms with E-state index in [1.807, 2.05) is 41.8 Å². The molecule has 0 atom stereocenters. The number of thiophene rings is 1. The van der Waals surface area contributed by atoms with Crippen molar-refractivity contribution in [1.82, 2.24) is 29.9 Å². The fraction of sp³-hybridized carbons (Fsp3) is 0.273. The van der Waals surface area contributed by atoms with Gasteiger partial charge in [-0.3, -0.25) is 14.5 Å². The van der Waals surface area contributed by atoms with Gasteiger partial charge in [-0.15, -0.1) is 16.4 Å². The number of hydrogen-bond acceptors (Lipinski definition) is 6. The summed E-state index contributed by atoms with van der Waals surface area (Å²) >= 11 is 1.56. The molecule has 1 saturated carbocycles. The second kappa shape index (κ2) is 8.46. The van der Waals surface area contributed by atoms with Gasteiger partial charge in [0.15, 0.2) is 5.82 Å². The highest BCUT2D eigenvalue weighted by Crippen LogP contribution is 2.37. The van der Waals surface area contributed by atoms with E-state index in [0.717, 1.165) is 29.0 Å². The normalized spacial score (nSPS) is 13.3. The van der Waals surface area contributed by atoms with Gasteiger partial charge in [0.2, 0.25) is 0 Å². The van der Waals surface area contributed by atoms with Crippen molar-refractivity contribution in [3.63, 3.8) is 0 Å². The van der Waals surface area contributed by atoms with Gasteiger partial charge in [-0.25, -0.2) is 9.48 Å². The number of rotatable bonds is 8. The molecule has 1 aliphatic rings. The number of nitrogens with one attached hydrogen (secondary N) is 2. The zero-order valence-corrected chi connectivity index (χ0v) is 18.3. The van der Waals surface area contributed by atoms with Crippen molar-refractivity contribution in [2.45, 2.75) is 25.4 Å². The predicted molar refractivity (Wildman–Crippen MR) is 121 cm³/mol. The highest BCUT2D eigenvalue weighted by atomic mass is 32.1. The number of nitrogens with zero attached hydrogens (tertiary/aromatic N) is 4. The first-order valence-corrected chi connectivity index (χ1v) is 11.2. The Morgan fingerprint density at radius 1 is 1.28 bits per heavy atom. The zero-order chi connectivity index (χ0) is 22.1. The van der Waals surface area contributed by atoms with Crippen LogP contribution >= 0.6 is 11.3 Å². The molecule has 32 heavy (non-hydrogen) atoms. The molecule has 0 radical (unpaired) electrons. The topological polar surface area (TPSA) is 107 Å². The van der Waals surface area contributed by atoms with Gasteiger partial charge >= 0.3 is 5.69 Å². The van der Waals surface area contributed by atoms with Crippen molar-refractivity contribution in [3.05, 3.63) is 64.0 Å². The Bertz CT molecular complexity index is 1300. The van der Waals surface area contributed by atoms with E-state index in [2.05, 4.69) is 20.6 Å². The second-order valence-corrected chi connectivity index (χ2v) is 8.51. The first kappa shape index (κ1) is 20.3. The third-order valence-corrected chi connectivity index (χ3v) is 6.19. The molecule has 1 aliphatic carbocycles. The Balaban J connectivity index is 1.25. The molecule has 164 valence electrons. The predicted octanol–water partition coefficient (Wildman–Crippen LogP) is 2.94. The van der Waals surface area contributed by atoms with Crippen molar-refractivity contribution >= 4 is 17.2 Å². The molecule has 1 amide bonds. The number of methoxy groups -OCH3 is 1. The molecule has 0 saturated heterocycles. The third kappa shape index (κ3) is 3.96. The Morgan fingerprint density at radius 2 is 2.16 bits per heavy atom. The zero-order valence-electron chi connectivity index (χ0n) is 17.4. The lowest BCUT2D eigenvalue weighted by Gasteiger charge is -2.03. The van der Waals surface area contributed by atoms with Crippen LogP contribution in [0.25, 0.3) is 22.0 Å². The number of carbonyl (C=O) groups excluding carboxylic acids is 1. The molecule has 4 aromatic rings. The Labute approximate surface area is 187 Å². The number of hydrogen-bond donors (Lipinski definition) is 2. The van der Waals surface area contributed by atoms with Gasteiger partial charge in [-0.1, -0.05) is 18.2 Å². The maximum Gasteiger partial charge on any atom is 0.346 e. The standard InChI is InChI=1S/C22H22N6O3S/c1-31-16-5-2-4-14(12-16)17-13-18(25-24-17)21(29)23-9-10-27-22(30)28(15-7-8-15)20(26-27)19-6-3-11-32-19/h2-6,11-13,15H,7-10H2,1H3,(H,23,29)(H,24,25). The molecule has 0 bridgehead atoms. The van der Waals surface area contributed by atoms with E-state index in [-0.39, 0.29) is 24.2 Å². The second-order valence-electron chi connectivity index (χ2n) is 7.56. The van der Waals surface area contributed by atoms with Crippen molar-refractivity contribution in [3.8, 4) is 27.7 Å². The van der Waals surface area contributed by atoms with Crippen LogP contribution in [0.1, 0.15) is 29.4 Å². The summed E-state index contributed by atoms with van der Waals surface area (Å²) in [5.41, 5.74) is 1.71. The van der Waals surface area contributed by atoms with Crippen molar-refractivity contribution in [2.75, 3.05) is 13.7 Å². The molecular formula is C22H22N6O3S. The van der Waals surface area contributed by atoms with Gasteiger partial charge in [0.1, 0.15) is 11.4 Å². The summed E-state index contributed by atoms with van der Waals surface area (Å²) < 4.78 is 8.45. The summed E-state index contributed by atoms with van der Waals surface area (Å²) in [7, 11) is 1.60. The van der Waals surface area contributed by atoms with Crippen LogP contribution in [-0.2, 0) is 6.54 Å². The lowest BCUT2D eigenvalue weighted by molar-refractivity contribution is 0.0946. The van der Waals surface area contributed by atoms with E-state index in [1.54, 1.807) is 29.1 Å². The largest absolute Gasteiger partial charge is 0.497 e. The van der Waals surface area contributed by atoms with Gasteiger partial charge in [0, 0.05) is 18.2 Å². The number of H-pyrrole nitrogens is 1. The van der Waals surface area contributed by atoms with E-state index in [4.69, 9.17) is 4.74 Å². The molecule has 10 heteroatoms. The number of carbonyl (C=O) groups is 1. The maximum atomic E-state index is 12.9. The van der Waals surface area contributed by atoms with Gasteiger partial charge in [-0.05, 0) is 42.5 Å². The first-order valence-electron chi connectivity index (χ1n) is 10.4. The highest BCUT2D eigenvalue weighted by Gasteiger charge is 2.30. The van der Waals surface area contributed by atoms with Crippen LogP contribution in [0.2, 0.25) is 0 Å². The minimum atomic E-state index is -0.292. The van der Waals surface area contributed by atoms with Crippen LogP contribution in [0.5, 0.6) is 5.75 Å². The first-order chi connectivity index (χ1) is 15.6. The minimum Gasteiger partial charge on any atom is -0.497 e. The molecule has 1 aromatic carbocycles. The summed E-state index contributed by atoms with van der Waals surface area (Å²) in [6.07, 6.45) is 1.99. The lowest BCUT2D eigenvalue weighted by Crippen LogP contribution is -2.32. The fourth-order valence-corrected chi connectivity index (χ4v) is 4.25. The van der Waals surface area contributed by atoms with E-state index in [9.17, 15) is 9.59 Å². The number of aromatic nitrogens is 5. The summed E-state index contributed by atoms with van der Waals surface area (Å²) in [6.45, 7) is 0.567. The number of ether oxygens (including phenoxy) is 1. The molecule has 0 unspecified atom stereocenters. The average Bonchev–Trinajstić information content (AvgIpc) is 3.21. The fourth-order valence-electron chi connectivity index (χ4n) is 3.54. The number of benzene rings is 1. The van der Waals surface area contributed by atoms with Gasteiger partial charge < -0.3 is 10.1 Å². The lowest BCUT2D eigenvalue weighted by atomic mass is 10.1. The van der Waals surface area contributed by atoms with Crippen LogP contribution in [0.15, 0.2) is 52.6 Å². The van der Waals surface area contributed by atoms with E-state index >= 15 is 0 Å². The molecule has 0 spiro atoms. The van der Waals surface area contributed by atoms with E-state index < -0.39 is 0 Å². The van der Waals surface area contributed by atoms with Crippen LogP contribution < -0.4 is 15.7 Å². The molecule has 5 rings (SSSR count). The Hall–Kier alpha value is -3.66. The third-order valence-electron chi connectivity index (χ3n) is 5.32. The van der Waals surface area contributed by atoms with E-state index in [0.29, 0.717) is 23.8 Å². The SMILES string of the molecule is COc1cccc(-c2cc(C(=O)NCCn3nc(-c4cccs4)n(C4CC4)c3=O)[nH]n2)c1. The van der Waals surface area contributed by atoms with Crippen LogP contribution in [0.3, 0.4) is 0 Å². The average molecular weight is 451 g/mol. The Kier molecular flexibility index (Phi) is 5.36. The molecule has 9 nitrogen and oxygen atoms in total. The molecule has 1 fully saturated rings. The molecule has 2 N–H and O–H groups in total. The molecule has 0 aliphatic heterocycles. The molecule has 3 aromatic heterocycles. The minimum absolute atomic E-state index is 0.132. The van der Waals surface area contributed by atoms with Crippen LogP contribution in [0.4, 0.5) is 0 Å². The quantitative estimate of drug-likeness (QED) is 0.429. The monoisotopic (exact) mass is 450 g/mol. The van der Waals surface area contributed by atoms with Crippen molar-refractivity contribution in [1.29, 1.82) is 0 Å². The highest BCUT2D eigenvalue weighted by molar-refractivity contribution is 7.13. The smallest absolute Gasteiger partial charge is 0.346 e. The van der Waals surface area contributed by atoms with Crippen LogP contribution in [-0.4, -0.2) is 44.1 Å². The summed E-state index contributed by atoms with van der Waals surface area (Å²) in [4.78, 5) is 26.4. The van der Waals surface area contributed by atoms with Crippen molar-refractivity contribution < 1.29 is 9.53 Å². The number of amides is 1. The summed E-state index contributed by atoms with van der Waals surface area (Å²) in [5, 5.41) is 16.3. The van der Waals surface area contributed by atoms with Gasteiger partial charge in [-0.2, -0.15) is 5.10 Å².